The molecule has 0 saturated carbocycles. The Bertz CT molecular complexity index is 754. The number of nitrogens with zero attached hydrogens (tertiary/aromatic N) is 2. The van der Waals surface area contributed by atoms with E-state index in [-0.39, 0.29) is 29.6 Å². The van der Waals surface area contributed by atoms with E-state index in [0.29, 0.717) is 18.5 Å². The van der Waals surface area contributed by atoms with Gasteiger partial charge in [-0.3, -0.25) is 19.3 Å². The van der Waals surface area contributed by atoms with Crippen LogP contribution in [0, 0.1) is 11.8 Å². The second-order valence-corrected chi connectivity index (χ2v) is 7.61. The normalized spacial score (nSPS) is 25.7. The van der Waals surface area contributed by atoms with Crippen molar-refractivity contribution in [3.8, 4) is 0 Å². The Hall–Kier alpha value is -2.63. The minimum Gasteiger partial charge on any atom is -0.372 e. The summed E-state index contributed by atoms with van der Waals surface area (Å²) in [5, 5.41) is 2.84. The molecule has 6 nitrogen and oxygen atoms in total. The van der Waals surface area contributed by atoms with E-state index in [9.17, 15) is 14.4 Å². The Morgan fingerprint density at radius 1 is 1.00 bits per heavy atom. The number of allylic oxidation sites excluding steroid dienone is 2. The van der Waals surface area contributed by atoms with Crippen LogP contribution >= 0.6 is 0 Å². The lowest BCUT2D eigenvalue weighted by Crippen LogP contribution is -2.46. The van der Waals surface area contributed by atoms with Crippen molar-refractivity contribution in [1.82, 2.24) is 4.90 Å². The maximum absolute atomic E-state index is 12.7. The molecule has 3 aliphatic rings. The summed E-state index contributed by atoms with van der Waals surface area (Å²) in [4.78, 5) is 41.4. The third-order valence-corrected chi connectivity index (χ3v) is 5.91. The Labute approximate surface area is 159 Å². The average molecular weight is 367 g/mol. The van der Waals surface area contributed by atoms with Crippen molar-refractivity contribution in [2.24, 2.45) is 11.8 Å². The molecule has 27 heavy (non-hydrogen) atoms. The summed E-state index contributed by atoms with van der Waals surface area (Å²) >= 11 is 0. The molecule has 6 heteroatoms. The zero-order valence-electron chi connectivity index (χ0n) is 15.6. The minimum atomic E-state index is -0.811. The molecule has 0 bridgehead atoms. The summed E-state index contributed by atoms with van der Waals surface area (Å²) in [5.41, 5.74) is 1.83. The number of hydrogen-bond donors (Lipinski definition) is 1. The summed E-state index contributed by atoms with van der Waals surface area (Å²) in [6.45, 7) is 3.76. The van der Waals surface area contributed by atoms with Gasteiger partial charge in [0.25, 0.3) is 0 Å². The standard InChI is InChI=1S/C21H25N3O3/c1-14(24-20(26)17-6-2-3-7-18(17)21(24)27)19(25)22-15-8-10-16(11-9-15)23-12-4-5-13-23/h2-3,8-11,14,17-18H,4-7,12-13H2,1H3,(H,22,25)/t14-,17+,18+/m1/s1. The van der Waals surface area contributed by atoms with Crippen LogP contribution in [0.5, 0.6) is 0 Å². The fourth-order valence-electron chi connectivity index (χ4n) is 4.30. The first-order valence-corrected chi connectivity index (χ1v) is 9.74. The summed E-state index contributed by atoms with van der Waals surface area (Å²) in [6, 6.07) is 6.93. The molecule has 2 heterocycles. The number of amides is 3. The number of benzene rings is 1. The number of fused-ring (bicyclic) bond motifs is 1. The van der Waals surface area contributed by atoms with Gasteiger partial charge in [0.2, 0.25) is 17.7 Å². The molecule has 2 saturated heterocycles. The highest BCUT2D eigenvalue weighted by molar-refractivity contribution is 6.10. The van der Waals surface area contributed by atoms with Crippen LogP contribution in [0.1, 0.15) is 32.6 Å². The molecule has 3 atom stereocenters. The van der Waals surface area contributed by atoms with E-state index in [1.807, 2.05) is 36.4 Å². The Morgan fingerprint density at radius 3 is 2.11 bits per heavy atom. The van der Waals surface area contributed by atoms with E-state index >= 15 is 0 Å². The lowest BCUT2D eigenvalue weighted by molar-refractivity contribution is -0.146. The summed E-state index contributed by atoms with van der Waals surface area (Å²) in [6.07, 6.45) is 7.48. The number of anilines is 2. The molecular weight excluding hydrogens is 342 g/mol. The smallest absolute Gasteiger partial charge is 0.247 e. The van der Waals surface area contributed by atoms with Crippen molar-refractivity contribution in [3.63, 3.8) is 0 Å². The molecule has 3 amide bonds. The predicted molar refractivity (Wildman–Crippen MR) is 103 cm³/mol. The molecular formula is C21H25N3O3. The van der Waals surface area contributed by atoms with E-state index < -0.39 is 6.04 Å². The largest absolute Gasteiger partial charge is 0.372 e. The van der Waals surface area contributed by atoms with Crippen molar-refractivity contribution in [1.29, 1.82) is 0 Å². The van der Waals surface area contributed by atoms with Crippen molar-refractivity contribution in [2.45, 2.75) is 38.6 Å². The first-order chi connectivity index (χ1) is 13.1. The number of hydrogen-bond acceptors (Lipinski definition) is 4. The second-order valence-electron chi connectivity index (χ2n) is 7.61. The van der Waals surface area contributed by atoms with Gasteiger partial charge >= 0.3 is 0 Å². The molecule has 1 aromatic carbocycles. The van der Waals surface area contributed by atoms with Gasteiger partial charge in [-0.1, -0.05) is 12.2 Å². The van der Waals surface area contributed by atoms with Gasteiger partial charge in [-0.15, -0.1) is 0 Å². The Kier molecular flexibility index (Phi) is 4.72. The Morgan fingerprint density at radius 2 is 1.56 bits per heavy atom. The highest BCUT2D eigenvalue weighted by Gasteiger charge is 2.50. The average Bonchev–Trinajstić information content (AvgIpc) is 3.30. The van der Waals surface area contributed by atoms with Crippen LogP contribution < -0.4 is 10.2 Å². The van der Waals surface area contributed by atoms with E-state index in [4.69, 9.17) is 0 Å². The monoisotopic (exact) mass is 367 g/mol. The van der Waals surface area contributed by atoms with Crippen LogP contribution in [0.3, 0.4) is 0 Å². The van der Waals surface area contributed by atoms with Gasteiger partial charge in [-0.05, 0) is 56.9 Å². The molecule has 0 unspecified atom stereocenters. The van der Waals surface area contributed by atoms with Gasteiger partial charge in [0.05, 0.1) is 11.8 Å². The molecule has 1 aliphatic carbocycles. The lowest BCUT2D eigenvalue weighted by atomic mass is 9.85. The van der Waals surface area contributed by atoms with E-state index in [1.165, 1.54) is 12.8 Å². The van der Waals surface area contributed by atoms with Crippen LogP contribution in [0.25, 0.3) is 0 Å². The van der Waals surface area contributed by atoms with Crippen molar-refractivity contribution < 1.29 is 14.4 Å². The van der Waals surface area contributed by atoms with Gasteiger partial charge in [0.15, 0.2) is 0 Å². The summed E-state index contributed by atoms with van der Waals surface area (Å²) < 4.78 is 0. The SMILES string of the molecule is C[C@H](C(=O)Nc1ccc(N2CCCC2)cc1)N1C(=O)[C@H]2CC=CC[C@@H]2C1=O. The van der Waals surface area contributed by atoms with Crippen molar-refractivity contribution >= 4 is 29.1 Å². The number of carbonyl (C=O) groups excluding carboxylic acids is 3. The number of likely N-dealkylation sites (tertiary alicyclic amines) is 1. The zero-order chi connectivity index (χ0) is 19.0. The predicted octanol–water partition coefficient (Wildman–Crippen LogP) is 2.57. The molecule has 4 rings (SSSR count). The summed E-state index contributed by atoms with van der Waals surface area (Å²) in [7, 11) is 0. The molecule has 0 aromatic heterocycles. The second kappa shape index (κ2) is 7.18. The van der Waals surface area contributed by atoms with E-state index in [0.717, 1.165) is 23.7 Å². The summed E-state index contributed by atoms with van der Waals surface area (Å²) in [5.74, 6) is -1.39. The van der Waals surface area contributed by atoms with Gasteiger partial charge < -0.3 is 10.2 Å². The molecule has 142 valence electrons. The molecule has 0 radical (unpaired) electrons. The topological polar surface area (TPSA) is 69.7 Å². The fourth-order valence-corrected chi connectivity index (χ4v) is 4.30. The van der Waals surface area contributed by atoms with Crippen LogP contribution in [0.15, 0.2) is 36.4 Å². The Balaban J connectivity index is 1.42. The van der Waals surface area contributed by atoms with Crippen molar-refractivity contribution in [3.05, 3.63) is 36.4 Å². The highest BCUT2D eigenvalue weighted by atomic mass is 16.2. The minimum absolute atomic E-state index is 0.221. The van der Waals surface area contributed by atoms with Crippen LogP contribution in [0.2, 0.25) is 0 Å². The maximum atomic E-state index is 12.7. The third kappa shape index (κ3) is 3.24. The van der Waals surface area contributed by atoms with Gasteiger partial charge in [-0.25, -0.2) is 0 Å². The lowest BCUT2D eigenvalue weighted by Gasteiger charge is -2.23. The highest BCUT2D eigenvalue weighted by Crippen LogP contribution is 2.36. The van der Waals surface area contributed by atoms with E-state index in [2.05, 4.69) is 10.2 Å². The van der Waals surface area contributed by atoms with Gasteiger partial charge in [-0.2, -0.15) is 0 Å². The van der Waals surface area contributed by atoms with Crippen molar-refractivity contribution in [2.75, 3.05) is 23.3 Å². The number of carbonyl (C=O) groups is 3. The number of rotatable bonds is 4. The number of nitrogens with one attached hydrogen (secondary N) is 1. The molecule has 0 spiro atoms. The van der Waals surface area contributed by atoms with Crippen LogP contribution in [0.4, 0.5) is 11.4 Å². The molecule has 2 fully saturated rings. The molecule has 1 aromatic rings. The van der Waals surface area contributed by atoms with Gasteiger partial charge in [0, 0.05) is 24.5 Å². The molecule has 2 aliphatic heterocycles. The maximum Gasteiger partial charge on any atom is 0.247 e. The third-order valence-electron chi connectivity index (χ3n) is 5.91. The quantitative estimate of drug-likeness (QED) is 0.656. The fraction of sp³-hybridized carbons (Fsp3) is 0.476. The van der Waals surface area contributed by atoms with E-state index in [1.54, 1.807) is 6.92 Å². The molecule has 1 N–H and O–H groups in total. The first-order valence-electron chi connectivity index (χ1n) is 9.74. The van der Waals surface area contributed by atoms with Crippen LogP contribution in [-0.4, -0.2) is 41.8 Å². The number of imide groups is 1. The first kappa shape index (κ1) is 17.8. The zero-order valence-corrected chi connectivity index (χ0v) is 15.6. The van der Waals surface area contributed by atoms with Gasteiger partial charge in [0.1, 0.15) is 6.04 Å². The van der Waals surface area contributed by atoms with Crippen LogP contribution in [-0.2, 0) is 14.4 Å².